The Balaban J connectivity index is 2.12. The quantitative estimate of drug-likeness (QED) is 0.799. The number of aromatic nitrogens is 3. The number of rotatable bonds is 4. The minimum absolute atomic E-state index is 0.689. The van der Waals surface area contributed by atoms with E-state index >= 15 is 0 Å². The van der Waals surface area contributed by atoms with Crippen molar-refractivity contribution in [2.24, 2.45) is 0 Å². The molecule has 2 aromatic heterocycles. The Labute approximate surface area is 124 Å². The molecule has 3 rings (SSSR count). The molecular weight excluding hydrogens is 262 g/mol. The number of aliphatic hydroxyl groups excluding tert-OH is 1. The minimum atomic E-state index is -0.689. The molecule has 3 aromatic rings. The SMILES string of the molecule is CCc1cc(C(O)c2cccc3ncccc23)n(CC)n1. The van der Waals surface area contributed by atoms with E-state index in [1.807, 2.05) is 48.0 Å². The number of aliphatic hydroxyl groups is 1. The molecule has 0 aliphatic rings. The second-order valence-corrected chi connectivity index (χ2v) is 5.05. The van der Waals surface area contributed by atoms with E-state index in [0.717, 1.165) is 40.8 Å². The van der Waals surface area contributed by atoms with Gasteiger partial charge < -0.3 is 5.11 Å². The Hall–Kier alpha value is -2.20. The third-order valence-corrected chi connectivity index (χ3v) is 3.78. The summed E-state index contributed by atoms with van der Waals surface area (Å²) >= 11 is 0. The van der Waals surface area contributed by atoms with Gasteiger partial charge in [-0.05, 0) is 37.1 Å². The second kappa shape index (κ2) is 5.66. The van der Waals surface area contributed by atoms with E-state index < -0.39 is 6.10 Å². The van der Waals surface area contributed by atoms with Gasteiger partial charge in [-0.15, -0.1) is 0 Å². The fraction of sp³-hybridized carbons (Fsp3) is 0.294. The van der Waals surface area contributed by atoms with Crippen LogP contribution in [-0.4, -0.2) is 19.9 Å². The molecule has 4 heteroatoms. The van der Waals surface area contributed by atoms with Gasteiger partial charge in [0.1, 0.15) is 6.10 Å². The molecule has 0 radical (unpaired) electrons. The first-order valence-corrected chi connectivity index (χ1v) is 7.33. The first kappa shape index (κ1) is 13.8. The predicted octanol–water partition coefficient (Wildman–Crippen LogP) is 3.10. The molecule has 21 heavy (non-hydrogen) atoms. The van der Waals surface area contributed by atoms with Crippen LogP contribution in [0, 0.1) is 0 Å². The molecule has 1 unspecified atom stereocenters. The van der Waals surface area contributed by atoms with Gasteiger partial charge in [-0.25, -0.2) is 0 Å². The number of fused-ring (bicyclic) bond motifs is 1. The normalized spacial score (nSPS) is 12.7. The number of benzene rings is 1. The molecule has 2 heterocycles. The Bertz CT molecular complexity index is 758. The second-order valence-electron chi connectivity index (χ2n) is 5.05. The van der Waals surface area contributed by atoms with Gasteiger partial charge in [-0.1, -0.05) is 25.1 Å². The molecule has 4 nitrogen and oxygen atoms in total. The molecule has 108 valence electrons. The average Bonchev–Trinajstić information content (AvgIpc) is 2.97. The monoisotopic (exact) mass is 281 g/mol. The topological polar surface area (TPSA) is 50.9 Å². The lowest BCUT2D eigenvalue weighted by molar-refractivity contribution is 0.209. The standard InChI is InChI=1S/C17H19N3O/c1-3-12-11-16(20(4-2)19-12)17(21)14-7-5-9-15-13(14)8-6-10-18-15/h5-11,17,21H,3-4H2,1-2H3. The summed E-state index contributed by atoms with van der Waals surface area (Å²) in [6.45, 7) is 4.85. The largest absolute Gasteiger partial charge is 0.382 e. The fourth-order valence-corrected chi connectivity index (χ4v) is 2.66. The lowest BCUT2D eigenvalue weighted by Crippen LogP contribution is -2.09. The van der Waals surface area contributed by atoms with E-state index in [0.29, 0.717) is 0 Å². The minimum Gasteiger partial charge on any atom is -0.382 e. The van der Waals surface area contributed by atoms with Crippen molar-refractivity contribution in [1.82, 2.24) is 14.8 Å². The van der Waals surface area contributed by atoms with Crippen molar-refractivity contribution < 1.29 is 5.11 Å². The summed E-state index contributed by atoms with van der Waals surface area (Å²) in [5.41, 5.74) is 3.61. The lowest BCUT2D eigenvalue weighted by atomic mass is 10.0. The van der Waals surface area contributed by atoms with Crippen LogP contribution in [0.2, 0.25) is 0 Å². The van der Waals surface area contributed by atoms with Gasteiger partial charge in [0.15, 0.2) is 0 Å². The summed E-state index contributed by atoms with van der Waals surface area (Å²) in [5.74, 6) is 0. The van der Waals surface area contributed by atoms with Crippen LogP contribution in [0.3, 0.4) is 0 Å². The molecule has 0 amide bonds. The van der Waals surface area contributed by atoms with Gasteiger partial charge in [0.05, 0.1) is 16.9 Å². The van der Waals surface area contributed by atoms with E-state index in [1.54, 1.807) is 6.20 Å². The number of pyridine rings is 1. The van der Waals surface area contributed by atoms with Crippen LogP contribution in [0.1, 0.15) is 36.9 Å². The Morgan fingerprint density at radius 1 is 1.19 bits per heavy atom. The molecule has 0 aliphatic carbocycles. The molecule has 0 fully saturated rings. The van der Waals surface area contributed by atoms with Gasteiger partial charge in [-0.3, -0.25) is 9.67 Å². The summed E-state index contributed by atoms with van der Waals surface area (Å²) in [7, 11) is 0. The summed E-state index contributed by atoms with van der Waals surface area (Å²) in [5, 5.41) is 16.3. The number of hydrogen-bond acceptors (Lipinski definition) is 3. The van der Waals surface area contributed by atoms with Crippen molar-refractivity contribution in [2.45, 2.75) is 32.9 Å². The molecule has 0 aliphatic heterocycles. The van der Waals surface area contributed by atoms with E-state index in [9.17, 15) is 5.11 Å². The van der Waals surface area contributed by atoms with Gasteiger partial charge in [-0.2, -0.15) is 5.10 Å². The first-order chi connectivity index (χ1) is 10.2. The van der Waals surface area contributed by atoms with E-state index in [4.69, 9.17) is 0 Å². The third-order valence-electron chi connectivity index (χ3n) is 3.78. The van der Waals surface area contributed by atoms with E-state index in [2.05, 4.69) is 17.0 Å². The highest BCUT2D eigenvalue weighted by molar-refractivity contribution is 5.82. The predicted molar refractivity (Wildman–Crippen MR) is 83.1 cm³/mol. The van der Waals surface area contributed by atoms with Crippen molar-refractivity contribution in [3.8, 4) is 0 Å². The smallest absolute Gasteiger partial charge is 0.121 e. The zero-order valence-electron chi connectivity index (χ0n) is 12.3. The van der Waals surface area contributed by atoms with Gasteiger partial charge in [0.2, 0.25) is 0 Å². The molecular formula is C17H19N3O. The van der Waals surface area contributed by atoms with Crippen molar-refractivity contribution in [2.75, 3.05) is 0 Å². The molecule has 0 saturated heterocycles. The molecule has 1 atom stereocenters. The van der Waals surface area contributed by atoms with Crippen molar-refractivity contribution >= 4 is 10.9 Å². The summed E-state index contributed by atoms with van der Waals surface area (Å²) < 4.78 is 1.87. The van der Waals surface area contributed by atoms with E-state index in [1.165, 1.54) is 0 Å². The van der Waals surface area contributed by atoms with Gasteiger partial charge in [0.25, 0.3) is 0 Å². The van der Waals surface area contributed by atoms with E-state index in [-0.39, 0.29) is 0 Å². The van der Waals surface area contributed by atoms with Crippen LogP contribution in [0.15, 0.2) is 42.6 Å². The maximum absolute atomic E-state index is 10.8. The summed E-state index contributed by atoms with van der Waals surface area (Å²) in [6.07, 6.45) is 1.94. The summed E-state index contributed by atoms with van der Waals surface area (Å²) in [6, 6.07) is 11.7. The zero-order valence-corrected chi connectivity index (χ0v) is 12.3. The van der Waals surface area contributed by atoms with Crippen molar-refractivity contribution in [3.05, 3.63) is 59.5 Å². The van der Waals surface area contributed by atoms with Crippen LogP contribution in [-0.2, 0) is 13.0 Å². The number of hydrogen-bond donors (Lipinski definition) is 1. The van der Waals surface area contributed by atoms with Crippen LogP contribution in [0.5, 0.6) is 0 Å². The Morgan fingerprint density at radius 3 is 2.81 bits per heavy atom. The van der Waals surface area contributed by atoms with Crippen LogP contribution in [0.4, 0.5) is 0 Å². The highest BCUT2D eigenvalue weighted by Crippen LogP contribution is 2.28. The molecule has 1 aromatic carbocycles. The molecule has 0 saturated carbocycles. The lowest BCUT2D eigenvalue weighted by Gasteiger charge is -2.14. The van der Waals surface area contributed by atoms with Crippen LogP contribution >= 0.6 is 0 Å². The maximum atomic E-state index is 10.8. The zero-order chi connectivity index (χ0) is 14.8. The number of aryl methyl sites for hydroxylation is 2. The third kappa shape index (κ3) is 2.43. The highest BCUT2D eigenvalue weighted by Gasteiger charge is 2.19. The Kier molecular flexibility index (Phi) is 3.71. The fourth-order valence-electron chi connectivity index (χ4n) is 2.66. The molecule has 1 N–H and O–H groups in total. The number of nitrogens with zero attached hydrogens (tertiary/aromatic N) is 3. The highest BCUT2D eigenvalue weighted by atomic mass is 16.3. The van der Waals surface area contributed by atoms with Crippen LogP contribution in [0.25, 0.3) is 10.9 Å². The van der Waals surface area contributed by atoms with Gasteiger partial charge >= 0.3 is 0 Å². The average molecular weight is 281 g/mol. The molecule has 0 bridgehead atoms. The Morgan fingerprint density at radius 2 is 2.05 bits per heavy atom. The molecule has 0 spiro atoms. The maximum Gasteiger partial charge on any atom is 0.121 e. The first-order valence-electron chi connectivity index (χ1n) is 7.33. The van der Waals surface area contributed by atoms with Crippen molar-refractivity contribution in [3.63, 3.8) is 0 Å². The van der Waals surface area contributed by atoms with Crippen molar-refractivity contribution in [1.29, 1.82) is 0 Å². The van der Waals surface area contributed by atoms with Gasteiger partial charge in [0, 0.05) is 18.1 Å². The van der Waals surface area contributed by atoms with Crippen LogP contribution < -0.4 is 0 Å². The summed E-state index contributed by atoms with van der Waals surface area (Å²) in [4.78, 5) is 4.35.